The molecule has 2 aliphatic heterocycles. The average molecular weight is 873 g/mol. The summed E-state index contributed by atoms with van der Waals surface area (Å²) in [6, 6.07) is 32.7. The molecule has 0 saturated heterocycles. The fraction of sp³-hybridized carbons (Fsp3) is 0.217. The van der Waals surface area contributed by atoms with Crippen LogP contribution < -0.4 is 9.47 Å². The number of thiophene rings is 2. The van der Waals surface area contributed by atoms with Gasteiger partial charge in [-0.25, -0.2) is 9.59 Å². The summed E-state index contributed by atoms with van der Waals surface area (Å²) in [5.41, 5.74) is 3.38. The van der Waals surface area contributed by atoms with Gasteiger partial charge >= 0.3 is 11.9 Å². The van der Waals surface area contributed by atoms with Crippen molar-refractivity contribution in [3.8, 4) is 11.5 Å². The van der Waals surface area contributed by atoms with Gasteiger partial charge in [0.15, 0.2) is 0 Å². The van der Waals surface area contributed by atoms with Crippen molar-refractivity contribution in [1.82, 2.24) is 10.0 Å². The van der Waals surface area contributed by atoms with Crippen LogP contribution in [-0.4, -0.2) is 58.8 Å². The molecule has 16 heteroatoms. The number of ether oxygens (including phenoxy) is 6. The molecule has 0 saturated carbocycles. The molecule has 4 aromatic carbocycles. The van der Waals surface area contributed by atoms with E-state index in [2.05, 4.69) is 10.2 Å². The molecule has 0 aliphatic carbocycles. The summed E-state index contributed by atoms with van der Waals surface area (Å²) in [5, 5.41) is 12.1. The Morgan fingerprint density at radius 3 is 1.35 bits per heavy atom. The summed E-state index contributed by atoms with van der Waals surface area (Å²) in [5.74, 6) is -0.485. The molecule has 0 bridgehead atoms. The van der Waals surface area contributed by atoms with Crippen LogP contribution >= 0.6 is 22.7 Å². The number of esters is 2. The lowest BCUT2D eigenvalue weighted by Crippen LogP contribution is -2.25. The van der Waals surface area contributed by atoms with Gasteiger partial charge < -0.3 is 28.4 Å². The lowest BCUT2D eigenvalue weighted by molar-refractivity contribution is -0.136. The highest BCUT2D eigenvalue weighted by Crippen LogP contribution is 2.45. The molecular formula is C46H40N4O10S2. The minimum absolute atomic E-state index is 0.133. The normalized spacial score (nSPS) is 15.7. The number of carbonyl (C=O) groups is 4. The summed E-state index contributed by atoms with van der Waals surface area (Å²) >= 11 is 2.36. The van der Waals surface area contributed by atoms with Crippen molar-refractivity contribution in [1.29, 1.82) is 0 Å². The van der Waals surface area contributed by atoms with Crippen molar-refractivity contribution in [2.45, 2.75) is 53.4 Å². The van der Waals surface area contributed by atoms with Crippen LogP contribution in [-0.2, 0) is 41.8 Å². The molecule has 6 aromatic rings. The van der Waals surface area contributed by atoms with Crippen LogP contribution in [0.1, 0.15) is 92.9 Å². The lowest BCUT2D eigenvalue weighted by atomic mass is 10.1. The molecule has 2 aromatic heterocycles. The number of rotatable bonds is 14. The highest BCUT2D eigenvalue weighted by molar-refractivity contribution is 7.40. The first-order valence-electron chi connectivity index (χ1n) is 19.7. The van der Waals surface area contributed by atoms with E-state index in [4.69, 9.17) is 28.4 Å². The van der Waals surface area contributed by atoms with Gasteiger partial charge in [0.1, 0.15) is 34.5 Å². The third-order valence-corrected chi connectivity index (χ3v) is 12.3. The highest BCUT2D eigenvalue weighted by atomic mass is 32.2. The number of hydrazone groups is 2. The Bertz CT molecular complexity index is 2530. The van der Waals surface area contributed by atoms with Gasteiger partial charge in [-0.1, -0.05) is 60.7 Å². The number of benzene rings is 4. The van der Waals surface area contributed by atoms with Crippen LogP contribution in [0.4, 0.5) is 0 Å². The Labute approximate surface area is 364 Å². The zero-order valence-corrected chi connectivity index (χ0v) is 35.7. The first-order valence-corrected chi connectivity index (χ1v) is 21.4. The predicted molar refractivity (Wildman–Crippen MR) is 232 cm³/mol. The van der Waals surface area contributed by atoms with Crippen LogP contribution in [0.2, 0.25) is 0 Å². The number of para-hydroxylation sites is 2. The van der Waals surface area contributed by atoms with Gasteiger partial charge in [0.05, 0.1) is 28.4 Å². The van der Waals surface area contributed by atoms with Crippen molar-refractivity contribution in [2.24, 2.45) is 10.2 Å². The first-order chi connectivity index (χ1) is 30.2. The fourth-order valence-electron chi connectivity index (χ4n) is 6.95. The van der Waals surface area contributed by atoms with Gasteiger partial charge in [-0.15, -0.1) is 32.9 Å². The molecule has 2 atom stereocenters. The molecule has 0 N–H and O–H groups in total. The SMILES string of the molecule is CCOC(=O)c1sc2sc(C(=O)OCC)c(COc3ccccc3C3OC(c4ccccc4)=NN3C(C)=O)c2c1COc1ccccc1C1OC(c2ccccc2)=NN1C(C)=O. The second-order valence-electron chi connectivity index (χ2n) is 13.8. The second kappa shape index (κ2) is 18.3. The fourth-order valence-corrected chi connectivity index (χ4v) is 9.54. The molecule has 0 fully saturated rings. The van der Waals surface area contributed by atoms with E-state index < -0.39 is 24.4 Å². The third-order valence-electron chi connectivity index (χ3n) is 9.76. The van der Waals surface area contributed by atoms with Crippen LogP contribution in [0.3, 0.4) is 0 Å². The molecule has 2 aliphatic rings. The second-order valence-corrected chi connectivity index (χ2v) is 16.1. The standard InChI is InChI=1S/C46H40N4O10S2/c1-5-55-44(53)38-33(25-57-35-23-15-13-21-31(35)42-49(27(3)51)47-40(59-42)29-17-9-7-10-18-29)37-34(39(45(54)56-6-2)62-46(37)61-38)26-58-36-24-16-14-22-32(36)43-50(28(4)52)48-41(60-43)30-19-11-8-12-20-30/h7-24,42-43H,5-6,25-26H2,1-4H3. The largest absolute Gasteiger partial charge is 0.488 e. The zero-order chi connectivity index (χ0) is 43.3. The molecule has 4 heterocycles. The minimum atomic E-state index is -0.941. The first kappa shape index (κ1) is 41.7. The van der Waals surface area contributed by atoms with E-state index in [1.807, 2.05) is 60.7 Å². The predicted octanol–water partition coefficient (Wildman–Crippen LogP) is 8.95. The molecule has 2 unspecified atom stereocenters. The van der Waals surface area contributed by atoms with Crippen LogP contribution in [0, 0.1) is 0 Å². The topological polar surface area (TPSA) is 155 Å². The Morgan fingerprint density at radius 2 is 0.968 bits per heavy atom. The Morgan fingerprint density at radius 1 is 0.581 bits per heavy atom. The van der Waals surface area contributed by atoms with E-state index in [-0.39, 0.29) is 50.0 Å². The molecule has 14 nitrogen and oxygen atoms in total. The number of hydrogen-bond donors (Lipinski definition) is 0. The molecule has 0 radical (unpaired) electrons. The van der Waals surface area contributed by atoms with Gasteiger partial charge in [0, 0.05) is 41.5 Å². The summed E-state index contributed by atoms with van der Waals surface area (Å²) in [6.07, 6.45) is -1.88. The maximum Gasteiger partial charge on any atom is 0.348 e. The van der Waals surface area contributed by atoms with Crippen LogP contribution in [0.15, 0.2) is 119 Å². The lowest BCUT2D eigenvalue weighted by Gasteiger charge is -2.22. The van der Waals surface area contributed by atoms with E-state index in [1.165, 1.54) is 46.5 Å². The quantitative estimate of drug-likeness (QED) is 0.0969. The number of nitrogens with zero attached hydrogens (tertiary/aromatic N) is 4. The maximum absolute atomic E-state index is 13.6. The van der Waals surface area contributed by atoms with Crippen LogP contribution in [0.25, 0.3) is 9.40 Å². The Balaban J connectivity index is 1.14. The van der Waals surface area contributed by atoms with Gasteiger partial charge in [-0.2, -0.15) is 10.0 Å². The summed E-state index contributed by atoms with van der Waals surface area (Å²) in [6.45, 7) is 6.23. The molecule has 316 valence electrons. The minimum Gasteiger partial charge on any atom is -0.488 e. The molecule has 0 spiro atoms. The van der Waals surface area contributed by atoms with Crippen molar-refractivity contribution < 1.29 is 47.6 Å². The van der Waals surface area contributed by atoms with Crippen molar-refractivity contribution in [3.63, 3.8) is 0 Å². The van der Waals surface area contributed by atoms with E-state index >= 15 is 0 Å². The molecule has 2 amide bonds. The van der Waals surface area contributed by atoms with Crippen molar-refractivity contribution in [2.75, 3.05) is 13.2 Å². The van der Waals surface area contributed by atoms with E-state index in [0.717, 1.165) is 0 Å². The number of carbonyl (C=O) groups excluding carboxylic acids is 4. The summed E-state index contributed by atoms with van der Waals surface area (Å²) in [4.78, 5) is 53.6. The number of fused-ring (bicyclic) bond motifs is 1. The van der Waals surface area contributed by atoms with E-state index in [1.54, 1.807) is 62.4 Å². The molecular weight excluding hydrogens is 833 g/mol. The third kappa shape index (κ3) is 8.34. The van der Waals surface area contributed by atoms with Gasteiger partial charge in [0.2, 0.25) is 36.1 Å². The van der Waals surface area contributed by atoms with Gasteiger partial charge in [-0.05, 0) is 62.4 Å². The Hall–Kier alpha value is -7.04. The van der Waals surface area contributed by atoms with E-state index in [0.29, 0.717) is 64.0 Å². The smallest absolute Gasteiger partial charge is 0.348 e. The zero-order valence-electron chi connectivity index (χ0n) is 34.1. The molecule has 62 heavy (non-hydrogen) atoms. The number of amides is 2. The van der Waals surface area contributed by atoms with Gasteiger partial charge in [-0.3, -0.25) is 9.59 Å². The summed E-state index contributed by atoms with van der Waals surface area (Å²) < 4.78 is 37.4. The van der Waals surface area contributed by atoms with Crippen LogP contribution in [0.5, 0.6) is 11.5 Å². The Kier molecular flexibility index (Phi) is 12.3. The maximum atomic E-state index is 13.6. The van der Waals surface area contributed by atoms with Crippen molar-refractivity contribution in [3.05, 3.63) is 152 Å². The van der Waals surface area contributed by atoms with E-state index in [9.17, 15) is 19.2 Å². The summed E-state index contributed by atoms with van der Waals surface area (Å²) in [7, 11) is 0. The molecule has 8 rings (SSSR count). The van der Waals surface area contributed by atoms with Gasteiger partial charge in [0.25, 0.3) is 0 Å². The number of hydrogen-bond acceptors (Lipinski definition) is 14. The monoisotopic (exact) mass is 872 g/mol. The average Bonchev–Trinajstić information content (AvgIpc) is 4.09. The highest BCUT2D eigenvalue weighted by Gasteiger charge is 2.37. The van der Waals surface area contributed by atoms with Crippen molar-refractivity contribution >= 4 is 67.6 Å².